The van der Waals surface area contributed by atoms with Crippen LogP contribution in [-0.4, -0.2) is 56.8 Å². The zero-order valence-electron chi connectivity index (χ0n) is 14.2. The lowest BCUT2D eigenvalue weighted by atomic mass is 10.1. The summed E-state index contributed by atoms with van der Waals surface area (Å²) in [5.74, 6) is 1.09. The van der Waals surface area contributed by atoms with Gasteiger partial charge in [0.25, 0.3) is 0 Å². The summed E-state index contributed by atoms with van der Waals surface area (Å²) in [6.07, 6.45) is 2.21. The number of piperazine rings is 1. The second-order valence-corrected chi connectivity index (χ2v) is 5.98. The molecule has 0 aromatic heterocycles. The smallest absolute Gasteiger partial charge is 0.223 e. The van der Waals surface area contributed by atoms with Gasteiger partial charge in [-0.2, -0.15) is 0 Å². The van der Waals surface area contributed by atoms with Gasteiger partial charge in [0.2, 0.25) is 5.91 Å². The summed E-state index contributed by atoms with van der Waals surface area (Å²) in [6, 6.07) is 8.36. The van der Waals surface area contributed by atoms with Gasteiger partial charge in [0.1, 0.15) is 5.75 Å². The van der Waals surface area contributed by atoms with Crippen LogP contribution in [-0.2, 0) is 16.0 Å². The summed E-state index contributed by atoms with van der Waals surface area (Å²) in [5, 5.41) is 3.30. The van der Waals surface area contributed by atoms with E-state index in [-0.39, 0.29) is 11.9 Å². The minimum Gasteiger partial charge on any atom is -0.494 e. The van der Waals surface area contributed by atoms with E-state index in [1.165, 1.54) is 5.56 Å². The molecule has 1 atom stereocenters. The number of hydrogen-bond donors (Lipinski definition) is 1. The molecule has 128 valence electrons. The van der Waals surface area contributed by atoms with Crippen LogP contribution in [0.1, 0.15) is 25.3 Å². The quantitative estimate of drug-likeness (QED) is 0.743. The molecule has 1 unspecified atom stereocenters. The van der Waals surface area contributed by atoms with E-state index in [4.69, 9.17) is 9.47 Å². The molecule has 0 aliphatic carbocycles. The van der Waals surface area contributed by atoms with Crippen molar-refractivity contribution in [3.8, 4) is 5.75 Å². The SMILES string of the molecule is COCCc1ccc(OCCCC(=O)N2CCNCC2C)cc1. The summed E-state index contributed by atoms with van der Waals surface area (Å²) >= 11 is 0. The van der Waals surface area contributed by atoms with Crippen LogP contribution in [0.3, 0.4) is 0 Å². The highest BCUT2D eigenvalue weighted by molar-refractivity contribution is 5.76. The van der Waals surface area contributed by atoms with Gasteiger partial charge < -0.3 is 19.7 Å². The number of ether oxygens (including phenoxy) is 2. The van der Waals surface area contributed by atoms with Gasteiger partial charge in [0, 0.05) is 39.2 Å². The number of carbonyl (C=O) groups is 1. The summed E-state index contributed by atoms with van der Waals surface area (Å²) in [5.41, 5.74) is 1.24. The molecule has 0 bridgehead atoms. The van der Waals surface area contributed by atoms with Crippen LogP contribution >= 0.6 is 0 Å². The molecule has 0 saturated carbocycles. The van der Waals surface area contributed by atoms with Crippen molar-refractivity contribution in [3.63, 3.8) is 0 Å². The standard InChI is InChI=1S/C18H28N2O3/c1-15-14-19-10-11-20(15)18(21)4-3-12-23-17-7-5-16(6-8-17)9-13-22-2/h5-8,15,19H,3-4,9-14H2,1-2H3. The maximum atomic E-state index is 12.2. The van der Waals surface area contributed by atoms with Gasteiger partial charge in [-0.15, -0.1) is 0 Å². The number of methoxy groups -OCH3 is 1. The fourth-order valence-electron chi connectivity index (χ4n) is 2.74. The second kappa shape index (κ2) is 9.53. The number of rotatable bonds is 8. The minimum absolute atomic E-state index is 0.234. The third-order valence-corrected chi connectivity index (χ3v) is 4.14. The van der Waals surface area contributed by atoms with Gasteiger partial charge in [-0.1, -0.05) is 12.1 Å². The molecule has 1 aliphatic rings. The molecule has 5 heteroatoms. The van der Waals surface area contributed by atoms with Gasteiger partial charge in [-0.3, -0.25) is 4.79 Å². The Morgan fingerprint density at radius 3 is 2.78 bits per heavy atom. The van der Waals surface area contributed by atoms with Crippen molar-refractivity contribution in [3.05, 3.63) is 29.8 Å². The number of hydrogen-bond acceptors (Lipinski definition) is 4. The third-order valence-electron chi connectivity index (χ3n) is 4.14. The molecule has 1 fully saturated rings. The van der Waals surface area contributed by atoms with E-state index in [1.54, 1.807) is 7.11 Å². The lowest BCUT2D eigenvalue weighted by Crippen LogP contribution is -2.52. The molecule has 5 nitrogen and oxygen atoms in total. The van der Waals surface area contributed by atoms with E-state index in [1.807, 2.05) is 17.0 Å². The highest BCUT2D eigenvalue weighted by atomic mass is 16.5. The molecule has 0 spiro atoms. The molecular weight excluding hydrogens is 292 g/mol. The molecule has 1 aliphatic heterocycles. The van der Waals surface area contributed by atoms with Crippen LogP contribution in [0, 0.1) is 0 Å². The summed E-state index contributed by atoms with van der Waals surface area (Å²) in [7, 11) is 1.71. The van der Waals surface area contributed by atoms with Crippen molar-refractivity contribution in [2.75, 3.05) is 40.0 Å². The molecule has 1 amide bonds. The largest absolute Gasteiger partial charge is 0.494 e. The molecule has 0 radical (unpaired) electrons. The van der Waals surface area contributed by atoms with Gasteiger partial charge in [-0.25, -0.2) is 0 Å². The Bertz CT molecular complexity index is 476. The molecule has 1 heterocycles. The lowest BCUT2D eigenvalue weighted by molar-refractivity contribution is -0.134. The molecule has 1 aromatic rings. The van der Waals surface area contributed by atoms with Crippen molar-refractivity contribution >= 4 is 5.91 Å². The molecule has 1 aromatic carbocycles. The Hall–Kier alpha value is -1.59. The molecule has 1 N–H and O–H groups in total. The normalized spacial score (nSPS) is 18.0. The summed E-state index contributed by atoms with van der Waals surface area (Å²) in [6.45, 7) is 5.98. The van der Waals surface area contributed by atoms with E-state index in [2.05, 4.69) is 24.4 Å². The van der Waals surface area contributed by atoms with Crippen molar-refractivity contribution in [1.29, 1.82) is 0 Å². The number of amides is 1. The number of nitrogens with zero attached hydrogens (tertiary/aromatic N) is 1. The Balaban J connectivity index is 1.65. The van der Waals surface area contributed by atoms with Crippen molar-refractivity contribution < 1.29 is 14.3 Å². The Morgan fingerprint density at radius 1 is 1.30 bits per heavy atom. The van der Waals surface area contributed by atoms with Crippen LogP contribution < -0.4 is 10.1 Å². The maximum absolute atomic E-state index is 12.2. The van der Waals surface area contributed by atoms with Gasteiger partial charge in [-0.05, 0) is 37.5 Å². The zero-order valence-corrected chi connectivity index (χ0v) is 14.2. The van der Waals surface area contributed by atoms with Crippen LogP contribution in [0.15, 0.2) is 24.3 Å². The monoisotopic (exact) mass is 320 g/mol. The first-order chi connectivity index (χ1) is 11.2. The van der Waals surface area contributed by atoms with Crippen LogP contribution in [0.25, 0.3) is 0 Å². The fraction of sp³-hybridized carbons (Fsp3) is 0.611. The summed E-state index contributed by atoms with van der Waals surface area (Å²) in [4.78, 5) is 14.2. The zero-order chi connectivity index (χ0) is 16.5. The fourth-order valence-corrected chi connectivity index (χ4v) is 2.74. The van der Waals surface area contributed by atoms with E-state index >= 15 is 0 Å². The average molecular weight is 320 g/mol. The highest BCUT2D eigenvalue weighted by Gasteiger charge is 2.22. The summed E-state index contributed by atoms with van der Waals surface area (Å²) < 4.78 is 10.8. The lowest BCUT2D eigenvalue weighted by Gasteiger charge is -2.34. The van der Waals surface area contributed by atoms with Crippen LogP contribution in [0.2, 0.25) is 0 Å². The van der Waals surface area contributed by atoms with Crippen LogP contribution in [0.4, 0.5) is 0 Å². The average Bonchev–Trinajstić information content (AvgIpc) is 2.58. The van der Waals surface area contributed by atoms with Crippen molar-refractivity contribution in [2.45, 2.75) is 32.2 Å². The van der Waals surface area contributed by atoms with Crippen molar-refractivity contribution in [1.82, 2.24) is 10.2 Å². The maximum Gasteiger partial charge on any atom is 0.223 e. The number of carbonyl (C=O) groups excluding carboxylic acids is 1. The molecule has 23 heavy (non-hydrogen) atoms. The van der Waals surface area contributed by atoms with E-state index in [0.29, 0.717) is 13.0 Å². The van der Waals surface area contributed by atoms with E-state index in [0.717, 1.165) is 44.8 Å². The predicted octanol–water partition coefficient (Wildman–Crippen LogP) is 1.85. The topological polar surface area (TPSA) is 50.8 Å². The van der Waals surface area contributed by atoms with Gasteiger partial charge in [0.15, 0.2) is 0 Å². The third kappa shape index (κ3) is 5.84. The van der Waals surface area contributed by atoms with E-state index in [9.17, 15) is 4.79 Å². The molecule has 2 rings (SSSR count). The Kier molecular flexibility index (Phi) is 7.36. The van der Waals surface area contributed by atoms with Crippen LogP contribution in [0.5, 0.6) is 5.75 Å². The Labute approximate surface area is 139 Å². The molecule has 1 saturated heterocycles. The first-order valence-electron chi connectivity index (χ1n) is 8.41. The van der Waals surface area contributed by atoms with Gasteiger partial charge >= 0.3 is 0 Å². The first-order valence-corrected chi connectivity index (χ1v) is 8.41. The number of benzene rings is 1. The van der Waals surface area contributed by atoms with E-state index < -0.39 is 0 Å². The predicted molar refractivity (Wildman–Crippen MR) is 90.8 cm³/mol. The highest BCUT2D eigenvalue weighted by Crippen LogP contribution is 2.13. The van der Waals surface area contributed by atoms with Crippen molar-refractivity contribution in [2.24, 2.45) is 0 Å². The minimum atomic E-state index is 0.234. The first kappa shape index (κ1) is 17.8. The Morgan fingerprint density at radius 2 is 2.09 bits per heavy atom. The molecular formula is C18H28N2O3. The second-order valence-electron chi connectivity index (χ2n) is 5.98. The number of nitrogens with one attached hydrogen (secondary N) is 1. The van der Waals surface area contributed by atoms with Gasteiger partial charge in [0.05, 0.1) is 13.2 Å².